The smallest absolute Gasteiger partial charge is 0.323 e. The molecular weight excluding hydrogens is 246 g/mol. The number of thioether (sulfide) groups is 1. The van der Waals surface area contributed by atoms with E-state index in [1.54, 1.807) is 6.92 Å². The Bertz CT molecular complexity index is 258. The van der Waals surface area contributed by atoms with Crippen LogP contribution in [0.3, 0.4) is 0 Å². The number of hydrogen-bond donors (Lipinski definition) is 2. The maximum Gasteiger partial charge on any atom is 0.323 e. The molecule has 18 heavy (non-hydrogen) atoms. The molecule has 0 heterocycles. The van der Waals surface area contributed by atoms with Gasteiger partial charge in [-0.3, -0.25) is 10.1 Å². The van der Waals surface area contributed by atoms with Crippen LogP contribution in [0.15, 0.2) is 0 Å². The van der Waals surface area contributed by atoms with Crippen molar-refractivity contribution in [2.75, 3.05) is 5.75 Å². The van der Waals surface area contributed by atoms with Crippen LogP contribution < -0.4 is 5.32 Å². The molecule has 3 nitrogen and oxygen atoms in total. The lowest BCUT2D eigenvalue weighted by atomic mass is 9.95. The van der Waals surface area contributed by atoms with Crippen LogP contribution in [0.4, 0.5) is 0 Å². The fourth-order valence-corrected chi connectivity index (χ4v) is 3.27. The number of carboxylic acids is 1. The molecule has 4 heteroatoms. The van der Waals surface area contributed by atoms with E-state index >= 15 is 0 Å². The average molecular weight is 275 g/mol. The van der Waals surface area contributed by atoms with Gasteiger partial charge in [0.1, 0.15) is 5.54 Å². The SMILES string of the molecule is CCC(C)CSC(C)CC(C)(NC(C)C)C(=O)O. The van der Waals surface area contributed by atoms with Gasteiger partial charge < -0.3 is 5.11 Å². The van der Waals surface area contributed by atoms with Gasteiger partial charge in [-0.05, 0) is 38.9 Å². The Morgan fingerprint density at radius 3 is 2.28 bits per heavy atom. The van der Waals surface area contributed by atoms with E-state index < -0.39 is 11.5 Å². The lowest BCUT2D eigenvalue weighted by molar-refractivity contribution is -0.144. The lowest BCUT2D eigenvalue weighted by Gasteiger charge is -2.31. The number of aliphatic carboxylic acids is 1. The number of carboxylic acid groups (broad SMARTS) is 1. The summed E-state index contributed by atoms with van der Waals surface area (Å²) in [5.74, 6) is 1.05. The Hall–Kier alpha value is -0.220. The Morgan fingerprint density at radius 1 is 1.33 bits per heavy atom. The van der Waals surface area contributed by atoms with E-state index in [4.69, 9.17) is 0 Å². The van der Waals surface area contributed by atoms with Crippen molar-refractivity contribution < 1.29 is 9.90 Å². The Morgan fingerprint density at radius 2 is 1.89 bits per heavy atom. The molecule has 0 bridgehead atoms. The molecule has 0 aliphatic heterocycles. The molecule has 2 N–H and O–H groups in total. The Kier molecular flexibility index (Phi) is 7.95. The summed E-state index contributed by atoms with van der Waals surface area (Å²) in [5, 5.41) is 12.9. The molecule has 0 radical (unpaired) electrons. The lowest BCUT2D eigenvalue weighted by Crippen LogP contribution is -2.53. The maximum absolute atomic E-state index is 11.4. The first-order valence-electron chi connectivity index (χ1n) is 6.84. The highest BCUT2D eigenvalue weighted by atomic mass is 32.2. The van der Waals surface area contributed by atoms with E-state index in [-0.39, 0.29) is 6.04 Å². The van der Waals surface area contributed by atoms with Gasteiger partial charge in [-0.1, -0.05) is 27.2 Å². The van der Waals surface area contributed by atoms with E-state index in [0.29, 0.717) is 17.6 Å². The molecule has 3 unspecified atom stereocenters. The monoisotopic (exact) mass is 275 g/mol. The molecule has 0 aromatic heterocycles. The van der Waals surface area contributed by atoms with E-state index in [2.05, 4.69) is 26.1 Å². The van der Waals surface area contributed by atoms with Gasteiger partial charge in [0, 0.05) is 11.3 Å². The van der Waals surface area contributed by atoms with Crippen LogP contribution in [-0.4, -0.2) is 33.7 Å². The second-order valence-electron chi connectivity index (χ2n) is 5.80. The predicted octanol–water partition coefficient (Wildman–Crippen LogP) is 3.39. The second kappa shape index (κ2) is 8.05. The van der Waals surface area contributed by atoms with Crippen LogP contribution in [0.2, 0.25) is 0 Å². The fourth-order valence-electron chi connectivity index (χ4n) is 1.93. The van der Waals surface area contributed by atoms with Crippen LogP contribution >= 0.6 is 11.8 Å². The molecule has 0 aliphatic carbocycles. The Labute approximate surface area is 116 Å². The molecule has 0 amide bonds. The fraction of sp³-hybridized carbons (Fsp3) is 0.929. The minimum absolute atomic E-state index is 0.179. The summed E-state index contributed by atoms with van der Waals surface area (Å²) < 4.78 is 0. The molecule has 0 spiro atoms. The molecule has 0 saturated carbocycles. The quantitative estimate of drug-likeness (QED) is 0.677. The third kappa shape index (κ3) is 6.64. The van der Waals surface area contributed by atoms with E-state index in [9.17, 15) is 9.90 Å². The zero-order chi connectivity index (χ0) is 14.3. The number of carbonyl (C=O) groups is 1. The molecule has 0 fully saturated rings. The van der Waals surface area contributed by atoms with Crippen LogP contribution in [-0.2, 0) is 4.79 Å². The molecule has 3 atom stereocenters. The van der Waals surface area contributed by atoms with Gasteiger partial charge in [0.25, 0.3) is 0 Å². The molecule has 0 rings (SSSR count). The van der Waals surface area contributed by atoms with Crippen LogP contribution in [0.25, 0.3) is 0 Å². The molecule has 0 aliphatic rings. The first-order valence-corrected chi connectivity index (χ1v) is 7.88. The second-order valence-corrected chi connectivity index (χ2v) is 7.27. The predicted molar refractivity (Wildman–Crippen MR) is 80.3 cm³/mol. The highest BCUT2D eigenvalue weighted by Gasteiger charge is 2.35. The van der Waals surface area contributed by atoms with Crippen molar-refractivity contribution in [3.63, 3.8) is 0 Å². The standard InChI is InChI=1S/C14H29NO2S/c1-7-11(4)9-18-12(5)8-14(6,13(16)17)15-10(2)3/h10-12,15H,7-9H2,1-6H3,(H,16,17). The van der Waals surface area contributed by atoms with Gasteiger partial charge in [-0.15, -0.1) is 0 Å². The molecular formula is C14H29NO2S. The zero-order valence-corrected chi connectivity index (χ0v) is 13.4. The van der Waals surface area contributed by atoms with Crippen molar-refractivity contribution in [3.05, 3.63) is 0 Å². The Balaban J connectivity index is 4.36. The zero-order valence-electron chi connectivity index (χ0n) is 12.6. The van der Waals surface area contributed by atoms with Gasteiger partial charge in [0.2, 0.25) is 0 Å². The largest absolute Gasteiger partial charge is 0.480 e. The average Bonchev–Trinajstić information content (AvgIpc) is 2.24. The maximum atomic E-state index is 11.4. The van der Waals surface area contributed by atoms with E-state index in [1.807, 2.05) is 25.6 Å². The third-order valence-corrected chi connectivity index (χ3v) is 4.63. The van der Waals surface area contributed by atoms with Crippen molar-refractivity contribution in [1.29, 1.82) is 0 Å². The van der Waals surface area contributed by atoms with Crippen LogP contribution in [0, 0.1) is 5.92 Å². The van der Waals surface area contributed by atoms with Gasteiger partial charge >= 0.3 is 5.97 Å². The van der Waals surface area contributed by atoms with E-state index in [0.717, 1.165) is 5.75 Å². The summed E-state index contributed by atoms with van der Waals surface area (Å²) in [4.78, 5) is 11.4. The first-order chi connectivity index (χ1) is 8.21. The summed E-state index contributed by atoms with van der Waals surface area (Å²) in [6.07, 6.45) is 1.84. The summed E-state index contributed by atoms with van der Waals surface area (Å²) in [6.45, 7) is 12.3. The van der Waals surface area contributed by atoms with E-state index in [1.165, 1.54) is 6.42 Å². The summed E-state index contributed by atoms with van der Waals surface area (Å²) in [6, 6.07) is 0.179. The van der Waals surface area contributed by atoms with Crippen LogP contribution in [0.5, 0.6) is 0 Å². The number of rotatable bonds is 9. The summed E-state index contributed by atoms with van der Waals surface area (Å²) >= 11 is 1.88. The van der Waals surface area contributed by atoms with Crippen LogP contribution in [0.1, 0.15) is 54.4 Å². The minimum atomic E-state index is -0.823. The number of nitrogens with one attached hydrogen (secondary N) is 1. The van der Waals surface area contributed by atoms with Crippen molar-refractivity contribution in [2.24, 2.45) is 5.92 Å². The van der Waals surface area contributed by atoms with Gasteiger partial charge in [-0.2, -0.15) is 11.8 Å². The van der Waals surface area contributed by atoms with Gasteiger partial charge in [0.15, 0.2) is 0 Å². The summed E-state index contributed by atoms with van der Waals surface area (Å²) in [5.41, 5.74) is -0.823. The summed E-state index contributed by atoms with van der Waals surface area (Å²) in [7, 11) is 0. The number of hydrogen-bond acceptors (Lipinski definition) is 3. The molecule has 0 aromatic rings. The van der Waals surface area contributed by atoms with Crippen molar-refractivity contribution >= 4 is 17.7 Å². The van der Waals surface area contributed by atoms with Crippen molar-refractivity contribution in [3.8, 4) is 0 Å². The van der Waals surface area contributed by atoms with Crippen molar-refractivity contribution in [1.82, 2.24) is 5.32 Å². The molecule has 0 saturated heterocycles. The first kappa shape index (κ1) is 17.8. The molecule has 0 aromatic carbocycles. The van der Waals surface area contributed by atoms with Gasteiger partial charge in [0.05, 0.1) is 0 Å². The minimum Gasteiger partial charge on any atom is -0.480 e. The third-order valence-electron chi connectivity index (χ3n) is 3.14. The molecule has 108 valence electrons. The van der Waals surface area contributed by atoms with Gasteiger partial charge in [-0.25, -0.2) is 0 Å². The highest BCUT2D eigenvalue weighted by Crippen LogP contribution is 2.25. The normalized spacial score (nSPS) is 18.4. The topological polar surface area (TPSA) is 49.3 Å². The van der Waals surface area contributed by atoms with Crippen molar-refractivity contribution in [2.45, 2.75) is 71.2 Å². The highest BCUT2D eigenvalue weighted by molar-refractivity contribution is 7.99.